The molecule has 1 aromatic carbocycles. The molecular weight excluding hydrogens is 338 g/mol. The van der Waals surface area contributed by atoms with Crippen LogP contribution in [-0.2, 0) is 4.74 Å². The predicted molar refractivity (Wildman–Crippen MR) is 97.0 cm³/mol. The lowest BCUT2D eigenvalue weighted by atomic mass is 10.2. The van der Waals surface area contributed by atoms with Crippen LogP contribution in [0.1, 0.15) is 19.4 Å². The lowest BCUT2D eigenvalue weighted by molar-refractivity contribution is 0.179. The zero-order chi connectivity index (χ0) is 17.2. The van der Waals surface area contributed by atoms with Crippen LogP contribution in [0.3, 0.4) is 0 Å². The van der Waals surface area contributed by atoms with Crippen LogP contribution >= 0.6 is 23.8 Å². The van der Waals surface area contributed by atoms with E-state index < -0.39 is 0 Å². The quantitative estimate of drug-likeness (QED) is 0.422. The second-order valence-electron chi connectivity index (χ2n) is 4.67. The third kappa shape index (κ3) is 6.60. The Hall–Kier alpha value is -1.57. The fourth-order valence-electron chi connectivity index (χ4n) is 1.84. The van der Waals surface area contributed by atoms with Crippen molar-refractivity contribution in [2.45, 2.75) is 19.9 Å². The molecular formula is C15H22ClN3O3S. The highest BCUT2D eigenvalue weighted by molar-refractivity contribution is 7.80. The first-order valence-corrected chi connectivity index (χ1v) is 7.89. The molecule has 0 saturated carbocycles. The normalized spacial score (nSPS) is 12.0. The molecule has 0 aliphatic heterocycles. The molecule has 1 aromatic rings. The van der Waals surface area contributed by atoms with Gasteiger partial charge in [0.05, 0.1) is 31.6 Å². The molecule has 2 N–H and O–H groups in total. The Kier molecular flexibility index (Phi) is 8.68. The van der Waals surface area contributed by atoms with Gasteiger partial charge in [-0.1, -0.05) is 11.6 Å². The van der Waals surface area contributed by atoms with Crippen LogP contribution < -0.4 is 20.2 Å². The van der Waals surface area contributed by atoms with E-state index in [4.69, 9.17) is 38.0 Å². The number of halogens is 1. The van der Waals surface area contributed by atoms with Gasteiger partial charge in [0.25, 0.3) is 0 Å². The van der Waals surface area contributed by atoms with Gasteiger partial charge in [-0.05, 0) is 43.8 Å². The molecule has 0 spiro atoms. The summed E-state index contributed by atoms with van der Waals surface area (Å²) in [6.07, 6.45) is 1.60. The van der Waals surface area contributed by atoms with Gasteiger partial charge in [0.15, 0.2) is 16.6 Å². The smallest absolute Gasteiger partial charge is 0.187 e. The molecule has 0 aliphatic carbocycles. The molecule has 0 fully saturated rings. The average molecular weight is 360 g/mol. The van der Waals surface area contributed by atoms with Gasteiger partial charge in [-0.15, -0.1) is 0 Å². The number of ether oxygens (including phenoxy) is 3. The van der Waals surface area contributed by atoms with Crippen molar-refractivity contribution in [2.75, 3.05) is 27.4 Å². The summed E-state index contributed by atoms with van der Waals surface area (Å²) in [5.41, 5.74) is 3.50. The standard InChI is InChI=1S/C15H22ClN3O3S/c1-5-22-13-7-11(6-12(16)14(13)21-4)8-17-19-15(23)18-10(2)9-20-3/h6-8,10H,5,9H2,1-4H3,(H2,18,19,23)/b17-8-/t10-/m1/s1. The van der Waals surface area contributed by atoms with Gasteiger partial charge in [-0.3, -0.25) is 5.43 Å². The molecule has 0 bridgehead atoms. The van der Waals surface area contributed by atoms with E-state index in [1.165, 1.54) is 0 Å². The summed E-state index contributed by atoms with van der Waals surface area (Å²) < 4.78 is 15.8. The Morgan fingerprint density at radius 1 is 1.43 bits per heavy atom. The van der Waals surface area contributed by atoms with Crippen molar-refractivity contribution in [3.05, 3.63) is 22.7 Å². The van der Waals surface area contributed by atoms with Crippen LogP contribution in [0.15, 0.2) is 17.2 Å². The minimum Gasteiger partial charge on any atom is -0.491 e. The fraction of sp³-hybridized carbons (Fsp3) is 0.467. The molecule has 6 nitrogen and oxygen atoms in total. The average Bonchev–Trinajstić information content (AvgIpc) is 2.47. The maximum atomic E-state index is 6.18. The molecule has 0 unspecified atom stereocenters. The van der Waals surface area contributed by atoms with E-state index in [1.54, 1.807) is 32.6 Å². The van der Waals surface area contributed by atoms with Gasteiger partial charge in [0, 0.05) is 13.2 Å². The zero-order valence-electron chi connectivity index (χ0n) is 13.7. The Labute approximate surface area is 147 Å². The molecule has 0 amide bonds. The molecule has 8 heteroatoms. The Balaban J connectivity index is 2.71. The van der Waals surface area contributed by atoms with Crippen LogP contribution in [0.2, 0.25) is 5.02 Å². The second kappa shape index (κ2) is 10.3. The summed E-state index contributed by atoms with van der Waals surface area (Å²) in [5, 5.41) is 7.98. The lowest BCUT2D eigenvalue weighted by Crippen LogP contribution is -2.40. The van der Waals surface area contributed by atoms with Gasteiger partial charge in [-0.25, -0.2) is 0 Å². The minimum atomic E-state index is 0.0928. The van der Waals surface area contributed by atoms with E-state index in [0.29, 0.717) is 34.8 Å². The summed E-state index contributed by atoms with van der Waals surface area (Å²) in [6.45, 7) is 4.91. The van der Waals surface area contributed by atoms with E-state index in [0.717, 1.165) is 5.56 Å². The van der Waals surface area contributed by atoms with Crippen molar-refractivity contribution in [1.82, 2.24) is 10.7 Å². The third-order valence-electron chi connectivity index (χ3n) is 2.71. The van der Waals surface area contributed by atoms with E-state index in [1.807, 2.05) is 13.8 Å². The van der Waals surface area contributed by atoms with Crippen LogP contribution in [0.4, 0.5) is 0 Å². The third-order valence-corrected chi connectivity index (χ3v) is 3.20. The fourth-order valence-corrected chi connectivity index (χ4v) is 2.39. The van der Waals surface area contributed by atoms with Gasteiger partial charge in [0.1, 0.15) is 0 Å². The number of hydrazone groups is 1. The number of hydrogen-bond donors (Lipinski definition) is 2. The van der Waals surface area contributed by atoms with Crippen molar-refractivity contribution in [2.24, 2.45) is 5.10 Å². The van der Waals surface area contributed by atoms with E-state index in [-0.39, 0.29) is 6.04 Å². The second-order valence-corrected chi connectivity index (χ2v) is 5.48. The molecule has 0 saturated heterocycles. The number of hydrogen-bond acceptors (Lipinski definition) is 5. The molecule has 1 atom stereocenters. The lowest BCUT2D eigenvalue weighted by Gasteiger charge is -2.14. The maximum Gasteiger partial charge on any atom is 0.187 e. The van der Waals surface area contributed by atoms with Gasteiger partial charge >= 0.3 is 0 Å². The number of thiocarbonyl (C=S) groups is 1. The first-order valence-electron chi connectivity index (χ1n) is 7.10. The van der Waals surface area contributed by atoms with Crippen molar-refractivity contribution in [1.29, 1.82) is 0 Å². The Morgan fingerprint density at radius 3 is 2.78 bits per heavy atom. The first-order chi connectivity index (χ1) is 11.0. The largest absolute Gasteiger partial charge is 0.491 e. The first kappa shape index (κ1) is 19.5. The predicted octanol–water partition coefficient (Wildman–Crippen LogP) is 2.58. The maximum absolute atomic E-state index is 6.18. The van der Waals surface area contributed by atoms with E-state index in [2.05, 4.69) is 15.8 Å². The van der Waals surface area contributed by atoms with Crippen molar-refractivity contribution < 1.29 is 14.2 Å². The van der Waals surface area contributed by atoms with E-state index >= 15 is 0 Å². The Bertz CT molecular complexity index is 555. The number of methoxy groups -OCH3 is 2. The van der Waals surface area contributed by atoms with Gasteiger partial charge < -0.3 is 19.5 Å². The van der Waals surface area contributed by atoms with Crippen LogP contribution in [0.5, 0.6) is 11.5 Å². The molecule has 128 valence electrons. The molecule has 0 aliphatic rings. The number of nitrogens with one attached hydrogen (secondary N) is 2. The summed E-state index contributed by atoms with van der Waals surface area (Å²) >= 11 is 11.3. The monoisotopic (exact) mass is 359 g/mol. The molecule has 23 heavy (non-hydrogen) atoms. The topological polar surface area (TPSA) is 64.1 Å². The number of benzene rings is 1. The molecule has 1 rings (SSSR count). The van der Waals surface area contributed by atoms with Crippen LogP contribution in [-0.4, -0.2) is 44.8 Å². The highest BCUT2D eigenvalue weighted by Gasteiger charge is 2.10. The number of rotatable bonds is 8. The Morgan fingerprint density at radius 2 is 2.17 bits per heavy atom. The summed E-state index contributed by atoms with van der Waals surface area (Å²) in [4.78, 5) is 0. The summed E-state index contributed by atoms with van der Waals surface area (Å²) in [6, 6.07) is 3.62. The highest BCUT2D eigenvalue weighted by Crippen LogP contribution is 2.35. The van der Waals surface area contributed by atoms with Gasteiger partial charge in [0.2, 0.25) is 0 Å². The SMILES string of the molecule is CCOc1cc(/C=N\NC(=S)N[C@H](C)COC)cc(Cl)c1OC. The van der Waals surface area contributed by atoms with Crippen LogP contribution in [0, 0.1) is 0 Å². The molecule has 0 radical (unpaired) electrons. The van der Waals surface area contributed by atoms with Gasteiger partial charge in [-0.2, -0.15) is 5.10 Å². The minimum absolute atomic E-state index is 0.0928. The van der Waals surface area contributed by atoms with Crippen molar-refractivity contribution >= 4 is 35.1 Å². The molecule has 0 aromatic heterocycles. The van der Waals surface area contributed by atoms with E-state index in [9.17, 15) is 0 Å². The van der Waals surface area contributed by atoms with Crippen LogP contribution in [0.25, 0.3) is 0 Å². The van der Waals surface area contributed by atoms with Crippen molar-refractivity contribution in [3.8, 4) is 11.5 Å². The highest BCUT2D eigenvalue weighted by atomic mass is 35.5. The summed E-state index contributed by atoms with van der Waals surface area (Å²) in [5.74, 6) is 1.07. The van der Waals surface area contributed by atoms with Crippen molar-refractivity contribution in [3.63, 3.8) is 0 Å². The number of nitrogens with zero attached hydrogens (tertiary/aromatic N) is 1. The zero-order valence-corrected chi connectivity index (χ0v) is 15.3. The summed E-state index contributed by atoms with van der Waals surface area (Å²) in [7, 11) is 3.18. The molecule has 0 heterocycles.